The average molecular weight is 616 g/mol. The van der Waals surface area contributed by atoms with Gasteiger partial charge in [0.25, 0.3) is 0 Å². The lowest BCUT2D eigenvalue weighted by Gasteiger charge is -2.33. The number of hydrogen-bond donors (Lipinski definition) is 2. The number of aliphatic hydroxyl groups excluding tert-OH is 1. The molecule has 0 saturated carbocycles. The minimum absolute atomic E-state index is 0.110. The summed E-state index contributed by atoms with van der Waals surface area (Å²) in [5.41, 5.74) is 6.69. The molecular weight excluding hydrogens is 574 g/mol. The molecule has 6 nitrogen and oxygen atoms in total. The van der Waals surface area contributed by atoms with Crippen LogP contribution in [0.3, 0.4) is 0 Å². The molecule has 0 amide bonds. The van der Waals surface area contributed by atoms with Gasteiger partial charge in [0, 0.05) is 55.3 Å². The molecular formula is C35H42ClN5OS. The second-order valence-corrected chi connectivity index (χ2v) is 13.2. The standard InChI is InChI=1S/C35H42ClN5OS/c1-24(2)18-31-32(42)23-40(21-27-12-6-5-7-13-27)16-17-41(31)22-28-14-9-15-29(19-28)43-39-35-37-30(20-33(36)38-35)34-25(3)10-8-11-26(34)4/h5-15,19-20,24,31-32,42H,16-18,21-23H2,1-4H3,(H,37,38,39). The number of halogens is 1. The lowest BCUT2D eigenvalue weighted by molar-refractivity contribution is 0.0402. The Bertz CT molecular complexity index is 1480. The summed E-state index contributed by atoms with van der Waals surface area (Å²) in [6.07, 6.45) is 0.560. The number of aryl methyl sites for hydroxylation is 2. The highest BCUT2D eigenvalue weighted by atomic mass is 35.5. The van der Waals surface area contributed by atoms with Crippen LogP contribution in [0, 0.1) is 19.8 Å². The fourth-order valence-electron chi connectivity index (χ4n) is 5.98. The third-order valence-corrected chi connectivity index (χ3v) is 8.97. The molecule has 43 heavy (non-hydrogen) atoms. The van der Waals surface area contributed by atoms with Gasteiger partial charge in [0.05, 0.1) is 11.8 Å². The van der Waals surface area contributed by atoms with E-state index < -0.39 is 6.10 Å². The molecule has 2 heterocycles. The Balaban J connectivity index is 1.28. The van der Waals surface area contributed by atoms with Gasteiger partial charge >= 0.3 is 0 Å². The molecule has 0 bridgehead atoms. The first-order valence-electron chi connectivity index (χ1n) is 15.1. The number of benzene rings is 3. The van der Waals surface area contributed by atoms with Crippen LogP contribution in [-0.4, -0.2) is 56.7 Å². The van der Waals surface area contributed by atoms with E-state index in [1.165, 1.54) is 23.1 Å². The monoisotopic (exact) mass is 615 g/mol. The molecule has 4 aromatic rings. The number of rotatable bonds is 10. The van der Waals surface area contributed by atoms with E-state index >= 15 is 0 Å². The Hall–Kier alpha value is -2.94. The molecule has 0 radical (unpaired) electrons. The van der Waals surface area contributed by atoms with Gasteiger partial charge in [-0.2, -0.15) is 0 Å². The van der Waals surface area contributed by atoms with Gasteiger partial charge in [-0.15, -0.1) is 0 Å². The summed E-state index contributed by atoms with van der Waals surface area (Å²) in [5, 5.41) is 11.8. The van der Waals surface area contributed by atoms with Crippen LogP contribution in [0.2, 0.25) is 5.15 Å². The van der Waals surface area contributed by atoms with Crippen LogP contribution in [0.5, 0.6) is 0 Å². The first-order chi connectivity index (χ1) is 20.7. The number of anilines is 1. The molecule has 0 aliphatic carbocycles. The van der Waals surface area contributed by atoms with Crippen LogP contribution >= 0.6 is 23.5 Å². The van der Waals surface area contributed by atoms with Gasteiger partial charge in [0.2, 0.25) is 5.95 Å². The highest BCUT2D eigenvalue weighted by molar-refractivity contribution is 8.00. The zero-order chi connectivity index (χ0) is 30.3. The lowest BCUT2D eigenvalue weighted by atomic mass is 9.97. The van der Waals surface area contributed by atoms with Crippen molar-refractivity contribution in [2.24, 2.45) is 5.92 Å². The van der Waals surface area contributed by atoms with Crippen molar-refractivity contribution in [3.63, 3.8) is 0 Å². The van der Waals surface area contributed by atoms with E-state index in [0.29, 0.717) is 23.6 Å². The van der Waals surface area contributed by atoms with E-state index in [0.717, 1.165) is 59.9 Å². The van der Waals surface area contributed by atoms with E-state index in [2.05, 4.69) is 120 Å². The molecule has 226 valence electrons. The van der Waals surface area contributed by atoms with Gasteiger partial charge in [-0.25, -0.2) is 9.97 Å². The van der Waals surface area contributed by atoms with Crippen molar-refractivity contribution in [3.8, 4) is 11.3 Å². The SMILES string of the molecule is Cc1cccc(C)c1-c1cc(Cl)nc(NSc2cccc(CN3CCN(Cc4ccccc4)CC(O)C3CC(C)C)c2)n1. The highest BCUT2D eigenvalue weighted by Crippen LogP contribution is 2.30. The Morgan fingerprint density at radius 3 is 2.37 bits per heavy atom. The van der Waals surface area contributed by atoms with Crippen LogP contribution in [0.4, 0.5) is 5.95 Å². The molecule has 1 aliphatic heterocycles. The van der Waals surface area contributed by atoms with Crippen molar-refractivity contribution < 1.29 is 5.11 Å². The summed E-state index contributed by atoms with van der Waals surface area (Å²) in [6.45, 7) is 12.8. The van der Waals surface area contributed by atoms with Crippen molar-refractivity contribution >= 4 is 29.5 Å². The summed E-state index contributed by atoms with van der Waals surface area (Å²) in [5.74, 6) is 0.978. The molecule has 2 N–H and O–H groups in total. The average Bonchev–Trinajstić information content (AvgIpc) is 3.10. The van der Waals surface area contributed by atoms with Gasteiger partial charge in [-0.1, -0.05) is 86.1 Å². The molecule has 3 aromatic carbocycles. The third kappa shape index (κ3) is 8.58. The van der Waals surface area contributed by atoms with E-state index in [1.54, 1.807) is 0 Å². The minimum Gasteiger partial charge on any atom is -0.390 e. The minimum atomic E-state index is -0.404. The zero-order valence-corrected chi connectivity index (χ0v) is 27.1. The third-order valence-electron chi connectivity index (χ3n) is 8.00. The van der Waals surface area contributed by atoms with Gasteiger partial charge in [-0.05, 0) is 72.5 Å². The highest BCUT2D eigenvalue weighted by Gasteiger charge is 2.32. The summed E-state index contributed by atoms with van der Waals surface area (Å²) in [4.78, 5) is 15.1. The summed E-state index contributed by atoms with van der Waals surface area (Å²) in [7, 11) is 0. The van der Waals surface area contributed by atoms with Crippen LogP contribution in [0.25, 0.3) is 11.3 Å². The number of nitrogens with one attached hydrogen (secondary N) is 1. The summed E-state index contributed by atoms with van der Waals surface area (Å²) >= 11 is 7.90. The zero-order valence-electron chi connectivity index (χ0n) is 25.5. The van der Waals surface area contributed by atoms with Crippen LogP contribution in [0.15, 0.2) is 83.8 Å². The molecule has 2 unspecified atom stereocenters. The second-order valence-electron chi connectivity index (χ2n) is 12.0. The molecule has 0 spiro atoms. The summed E-state index contributed by atoms with van der Waals surface area (Å²) < 4.78 is 3.31. The lowest BCUT2D eigenvalue weighted by Crippen LogP contribution is -2.44. The fraction of sp³-hybridized carbons (Fsp3) is 0.371. The Morgan fingerprint density at radius 2 is 1.63 bits per heavy atom. The molecule has 1 aromatic heterocycles. The maximum Gasteiger partial charge on any atom is 0.235 e. The number of nitrogens with zero attached hydrogens (tertiary/aromatic N) is 4. The Kier molecular flexibility index (Phi) is 10.8. The van der Waals surface area contributed by atoms with E-state index in [4.69, 9.17) is 16.6 Å². The quantitative estimate of drug-likeness (QED) is 0.140. The molecule has 1 aliphatic rings. The number of hydrogen-bond acceptors (Lipinski definition) is 7. The van der Waals surface area contributed by atoms with E-state index in [9.17, 15) is 5.11 Å². The van der Waals surface area contributed by atoms with Crippen molar-refractivity contribution in [1.29, 1.82) is 0 Å². The normalized spacial score (nSPS) is 18.1. The van der Waals surface area contributed by atoms with Gasteiger partial charge in [0.15, 0.2) is 0 Å². The van der Waals surface area contributed by atoms with Crippen molar-refractivity contribution in [3.05, 3.63) is 106 Å². The van der Waals surface area contributed by atoms with Crippen LogP contribution in [0.1, 0.15) is 42.5 Å². The van der Waals surface area contributed by atoms with Crippen molar-refractivity contribution in [2.45, 2.75) is 64.2 Å². The molecule has 2 atom stereocenters. The topological polar surface area (TPSA) is 64.5 Å². The fourth-order valence-corrected chi connectivity index (χ4v) is 6.82. The van der Waals surface area contributed by atoms with Crippen molar-refractivity contribution in [1.82, 2.24) is 19.8 Å². The molecule has 8 heteroatoms. The first-order valence-corrected chi connectivity index (χ1v) is 16.3. The summed E-state index contributed by atoms with van der Waals surface area (Å²) in [6, 6.07) is 27.2. The van der Waals surface area contributed by atoms with E-state index in [1.807, 2.05) is 6.07 Å². The van der Waals surface area contributed by atoms with Crippen LogP contribution < -0.4 is 4.72 Å². The first kappa shape index (κ1) is 31.5. The Labute approximate surface area is 265 Å². The van der Waals surface area contributed by atoms with Crippen LogP contribution in [-0.2, 0) is 13.1 Å². The van der Waals surface area contributed by atoms with Crippen molar-refractivity contribution in [2.75, 3.05) is 24.4 Å². The Morgan fingerprint density at radius 1 is 0.907 bits per heavy atom. The smallest absolute Gasteiger partial charge is 0.235 e. The molecule has 1 saturated heterocycles. The van der Waals surface area contributed by atoms with Gasteiger partial charge in [-0.3, -0.25) is 14.5 Å². The maximum absolute atomic E-state index is 11.4. The molecule has 5 rings (SSSR count). The van der Waals surface area contributed by atoms with E-state index in [-0.39, 0.29) is 6.04 Å². The predicted molar refractivity (Wildman–Crippen MR) is 179 cm³/mol. The maximum atomic E-state index is 11.4. The van der Waals surface area contributed by atoms with Gasteiger partial charge in [0.1, 0.15) is 5.15 Å². The number of aliphatic hydroxyl groups is 1. The molecule has 1 fully saturated rings. The largest absolute Gasteiger partial charge is 0.390 e. The number of aromatic nitrogens is 2. The second kappa shape index (κ2) is 14.7. The number of β-amino-alcohol motifs (C(OH)–C–C–N with tert-alkyl or cyclic N) is 1. The predicted octanol–water partition coefficient (Wildman–Crippen LogP) is 7.63. The van der Waals surface area contributed by atoms with Gasteiger partial charge < -0.3 is 5.11 Å².